The molecular formula is C20H30. The van der Waals surface area contributed by atoms with Gasteiger partial charge in [0.15, 0.2) is 0 Å². The summed E-state index contributed by atoms with van der Waals surface area (Å²) in [6.07, 6.45) is 17.8. The molecule has 0 heterocycles. The topological polar surface area (TPSA) is 0 Å². The lowest BCUT2D eigenvalue weighted by molar-refractivity contribution is 0.638. The molecule has 0 aromatic heterocycles. The Morgan fingerprint density at radius 2 is 1.40 bits per heavy atom. The van der Waals surface area contributed by atoms with Crippen LogP contribution in [0.2, 0.25) is 0 Å². The van der Waals surface area contributed by atoms with Crippen molar-refractivity contribution in [1.29, 1.82) is 0 Å². The molecule has 0 spiro atoms. The monoisotopic (exact) mass is 270 g/mol. The van der Waals surface area contributed by atoms with Crippen molar-refractivity contribution in [3.63, 3.8) is 0 Å². The molecule has 0 saturated heterocycles. The van der Waals surface area contributed by atoms with E-state index in [4.69, 9.17) is 0 Å². The van der Waals surface area contributed by atoms with Gasteiger partial charge in [0.05, 0.1) is 0 Å². The highest BCUT2D eigenvalue weighted by Crippen LogP contribution is 2.09. The Labute approximate surface area is 125 Å². The molecule has 0 unspecified atom stereocenters. The minimum atomic E-state index is 1.08. The van der Waals surface area contributed by atoms with Crippen molar-refractivity contribution in [3.8, 4) is 0 Å². The quantitative estimate of drug-likeness (QED) is 0.518. The molecule has 0 atom stereocenters. The van der Waals surface area contributed by atoms with Crippen LogP contribution in [-0.2, 0) is 0 Å². The Morgan fingerprint density at radius 3 is 1.75 bits per heavy atom. The minimum Gasteiger partial charge on any atom is -0.103 e. The van der Waals surface area contributed by atoms with E-state index in [2.05, 4.69) is 32.2 Å². The first-order valence-corrected chi connectivity index (χ1v) is 7.78. The van der Waals surface area contributed by atoms with Gasteiger partial charge in [-0.2, -0.15) is 0 Å². The van der Waals surface area contributed by atoms with Gasteiger partial charge in [-0.05, 0) is 37.7 Å². The minimum absolute atomic E-state index is 1.08. The molecule has 0 saturated carbocycles. The van der Waals surface area contributed by atoms with Crippen LogP contribution in [0.1, 0.15) is 57.4 Å². The van der Waals surface area contributed by atoms with Crippen LogP contribution in [0.4, 0.5) is 0 Å². The first kappa shape index (κ1) is 18.4. The van der Waals surface area contributed by atoms with E-state index in [-0.39, 0.29) is 0 Å². The van der Waals surface area contributed by atoms with Gasteiger partial charge in [-0.25, -0.2) is 0 Å². The van der Waals surface area contributed by atoms with E-state index in [1.165, 1.54) is 44.1 Å². The van der Waals surface area contributed by atoms with Gasteiger partial charge in [0.25, 0.3) is 0 Å². The smallest absolute Gasteiger partial charge is 0.0263 e. The lowest BCUT2D eigenvalue weighted by Gasteiger charge is -2.00. The summed E-state index contributed by atoms with van der Waals surface area (Å²) in [5, 5.41) is 0. The van der Waals surface area contributed by atoms with Gasteiger partial charge in [-0.1, -0.05) is 81.0 Å². The fourth-order valence-corrected chi connectivity index (χ4v) is 1.70. The molecule has 0 fully saturated rings. The van der Waals surface area contributed by atoms with Crippen LogP contribution in [0.5, 0.6) is 0 Å². The third kappa shape index (κ3) is 12.9. The summed E-state index contributed by atoms with van der Waals surface area (Å²) < 4.78 is 0. The van der Waals surface area contributed by atoms with Gasteiger partial charge < -0.3 is 0 Å². The third-order valence-corrected chi connectivity index (χ3v) is 2.98. The van der Waals surface area contributed by atoms with E-state index in [9.17, 15) is 0 Å². The van der Waals surface area contributed by atoms with Crippen molar-refractivity contribution >= 4 is 6.08 Å². The molecule has 0 amide bonds. The predicted molar refractivity (Wildman–Crippen MR) is 93.9 cm³/mol. The summed E-state index contributed by atoms with van der Waals surface area (Å²) in [6.45, 7) is 9.17. The Kier molecular flexibility index (Phi) is 14.3. The highest BCUT2D eigenvalue weighted by molar-refractivity contribution is 5.45. The number of hydrogen-bond donors (Lipinski definition) is 0. The largest absolute Gasteiger partial charge is 0.103 e. The molecule has 1 aromatic carbocycles. The second kappa shape index (κ2) is 15.5. The zero-order valence-electron chi connectivity index (χ0n) is 13.1. The Bertz CT molecular complexity index is 336. The molecule has 0 heteroatoms. The van der Waals surface area contributed by atoms with Crippen LogP contribution in [0.3, 0.4) is 0 Å². The second-order valence-electron chi connectivity index (χ2n) is 4.77. The molecule has 0 radical (unpaired) electrons. The number of hydrogen-bond acceptors (Lipinski definition) is 0. The van der Waals surface area contributed by atoms with Crippen LogP contribution in [0.15, 0.2) is 61.7 Å². The van der Waals surface area contributed by atoms with E-state index in [1.807, 2.05) is 42.5 Å². The number of allylic oxidation sites excluding steroid dienone is 3. The molecule has 2 rings (SSSR count). The zero-order valence-corrected chi connectivity index (χ0v) is 13.1. The van der Waals surface area contributed by atoms with Crippen LogP contribution in [0.25, 0.3) is 6.08 Å². The van der Waals surface area contributed by atoms with Crippen molar-refractivity contribution in [1.82, 2.24) is 0 Å². The third-order valence-electron chi connectivity index (χ3n) is 2.98. The molecule has 1 aliphatic carbocycles. The molecule has 1 aliphatic rings. The Morgan fingerprint density at radius 1 is 0.900 bits per heavy atom. The second-order valence-corrected chi connectivity index (χ2v) is 4.77. The van der Waals surface area contributed by atoms with Gasteiger partial charge >= 0.3 is 0 Å². The highest BCUT2D eigenvalue weighted by atomic mass is 14.0. The van der Waals surface area contributed by atoms with Gasteiger partial charge in [-0.15, -0.1) is 6.58 Å². The van der Waals surface area contributed by atoms with Gasteiger partial charge in [0.2, 0.25) is 0 Å². The van der Waals surface area contributed by atoms with Crippen LogP contribution in [-0.4, -0.2) is 0 Å². The maximum Gasteiger partial charge on any atom is -0.0263 e. The summed E-state index contributed by atoms with van der Waals surface area (Å²) >= 11 is 0. The molecule has 1 aromatic rings. The fourth-order valence-electron chi connectivity index (χ4n) is 1.70. The standard InChI is InChI=1S/C8H8.C8H14.C4H8/c1-2-8-6-4-3-5-7-8;1-2-4-6-8-7-5-3-1;1-3-4-2/h2-7H,1H2;1-2H,3-8H2;3H,1,4H2,2H3/b;2-1-;. The average molecular weight is 270 g/mol. The molecule has 20 heavy (non-hydrogen) atoms. The first-order chi connectivity index (χ1) is 9.85. The van der Waals surface area contributed by atoms with Crippen molar-refractivity contribution < 1.29 is 0 Å². The van der Waals surface area contributed by atoms with E-state index >= 15 is 0 Å². The average Bonchev–Trinajstić information content (AvgIpc) is 2.48. The van der Waals surface area contributed by atoms with Gasteiger partial charge in [0.1, 0.15) is 0 Å². The van der Waals surface area contributed by atoms with Crippen LogP contribution in [0, 0.1) is 0 Å². The van der Waals surface area contributed by atoms with Crippen molar-refractivity contribution in [2.24, 2.45) is 0 Å². The van der Waals surface area contributed by atoms with E-state index in [0.29, 0.717) is 0 Å². The van der Waals surface area contributed by atoms with Crippen molar-refractivity contribution in [3.05, 3.63) is 67.3 Å². The summed E-state index contributed by atoms with van der Waals surface area (Å²) in [4.78, 5) is 0. The van der Waals surface area contributed by atoms with Crippen molar-refractivity contribution in [2.75, 3.05) is 0 Å². The maximum atomic E-state index is 3.63. The summed E-state index contributed by atoms with van der Waals surface area (Å²) in [5.41, 5.74) is 1.17. The normalized spacial score (nSPS) is 15.1. The van der Waals surface area contributed by atoms with E-state index < -0.39 is 0 Å². The lowest BCUT2D eigenvalue weighted by Crippen LogP contribution is -1.80. The number of benzene rings is 1. The summed E-state index contributed by atoms with van der Waals surface area (Å²) in [6, 6.07) is 10.0. The van der Waals surface area contributed by atoms with E-state index in [1.54, 1.807) is 0 Å². The molecular weight excluding hydrogens is 240 g/mol. The highest BCUT2D eigenvalue weighted by Gasteiger charge is 1.89. The molecule has 0 nitrogen and oxygen atoms in total. The predicted octanol–water partition coefficient (Wildman–Crippen LogP) is 6.81. The van der Waals surface area contributed by atoms with Gasteiger partial charge in [0, 0.05) is 0 Å². The Balaban J connectivity index is 0.000000289. The summed E-state index contributed by atoms with van der Waals surface area (Å²) in [5.74, 6) is 0. The molecule has 0 aliphatic heterocycles. The summed E-state index contributed by atoms with van der Waals surface area (Å²) in [7, 11) is 0. The fraction of sp³-hybridized carbons (Fsp3) is 0.400. The lowest BCUT2D eigenvalue weighted by atomic mass is 10.1. The first-order valence-electron chi connectivity index (χ1n) is 7.78. The van der Waals surface area contributed by atoms with Crippen LogP contribution >= 0.6 is 0 Å². The molecule has 0 bridgehead atoms. The zero-order chi connectivity index (χ0) is 14.9. The van der Waals surface area contributed by atoms with Crippen molar-refractivity contribution in [2.45, 2.75) is 51.9 Å². The van der Waals surface area contributed by atoms with Crippen LogP contribution < -0.4 is 0 Å². The van der Waals surface area contributed by atoms with E-state index in [0.717, 1.165) is 6.42 Å². The molecule has 0 N–H and O–H groups in total. The maximum absolute atomic E-state index is 3.63. The SMILES string of the molecule is C1=C\CCCCCC/1.C=CCC.C=Cc1ccccc1. The molecule has 110 valence electrons. The van der Waals surface area contributed by atoms with Gasteiger partial charge in [-0.3, -0.25) is 0 Å². The number of rotatable bonds is 2. The Hall–Kier alpha value is -1.56.